The van der Waals surface area contributed by atoms with Gasteiger partial charge in [-0.25, -0.2) is 0 Å². The van der Waals surface area contributed by atoms with Gasteiger partial charge in [-0.1, -0.05) is 58.6 Å². The summed E-state index contributed by atoms with van der Waals surface area (Å²) in [7, 11) is 1.77. The van der Waals surface area contributed by atoms with Crippen LogP contribution >= 0.6 is 0 Å². The first-order valence-electron chi connectivity index (χ1n) is 9.34. The van der Waals surface area contributed by atoms with Crippen molar-refractivity contribution in [1.29, 1.82) is 0 Å². The fraction of sp³-hybridized carbons (Fsp3) is 0.714. The molecule has 2 atom stereocenters. The molecule has 1 aliphatic rings. The summed E-state index contributed by atoms with van der Waals surface area (Å²) in [5, 5.41) is 9.97. The van der Waals surface area contributed by atoms with Gasteiger partial charge in [-0.15, -0.1) is 0 Å². The SMILES string of the molecule is CCCCCC(C)(C)c1ccc([C@H]2CCC[C@H](O)C2)c(OC)c1. The minimum atomic E-state index is -0.149. The third kappa shape index (κ3) is 4.73. The van der Waals surface area contributed by atoms with E-state index in [0.717, 1.165) is 31.4 Å². The Labute approximate surface area is 142 Å². The Morgan fingerprint density at radius 3 is 2.65 bits per heavy atom. The zero-order valence-electron chi connectivity index (χ0n) is 15.4. The molecule has 0 bridgehead atoms. The number of rotatable bonds is 7. The van der Waals surface area contributed by atoms with Gasteiger partial charge in [0.15, 0.2) is 0 Å². The molecule has 0 aliphatic heterocycles. The molecular formula is C21H34O2. The van der Waals surface area contributed by atoms with Gasteiger partial charge >= 0.3 is 0 Å². The minimum Gasteiger partial charge on any atom is -0.496 e. The van der Waals surface area contributed by atoms with Crippen molar-refractivity contribution in [2.24, 2.45) is 0 Å². The highest BCUT2D eigenvalue weighted by atomic mass is 16.5. The summed E-state index contributed by atoms with van der Waals surface area (Å²) in [6, 6.07) is 6.77. The van der Waals surface area contributed by atoms with Gasteiger partial charge < -0.3 is 9.84 Å². The number of ether oxygens (including phenoxy) is 1. The van der Waals surface area contributed by atoms with E-state index in [4.69, 9.17) is 4.74 Å². The van der Waals surface area contributed by atoms with Crippen LogP contribution in [0.4, 0.5) is 0 Å². The minimum absolute atomic E-state index is 0.149. The van der Waals surface area contributed by atoms with Crippen molar-refractivity contribution in [3.8, 4) is 5.75 Å². The third-order valence-electron chi connectivity index (χ3n) is 5.51. The topological polar surface area (TPSA) is 29.5 Å². The van der Waals surface area contributed by atoms with Gasteiger partial charge in [0.1, 0.15) is 5.75 Å². The third-order valence-corrected chi connectivity index (χ3v) is 5.51. The summed E-state index contributed by atoms with van der Waals surface area (Å²) in [6.45, 7) is 6.92. The lowest BCUT2D eigenvalue weighted by Crippen LogP contribution is -2.20. The predicted octanol–water partition coefficient (Wildman–Crippen LogP) is 5.57. The van der Waals surface area contributed by atoms with Crippen LogP contribution in [-0.2, 0) is 5.41 Å². The van der Waals surface area contributed by atoms with E-state index in [1.807, 2.05) is 0 Å². The molecule has 1 aliphatic carbocycles. The van der Waals surface area contributed by atoms with Crippen LogP contribution in [0.3, 0.4) is 0 Å². The lowest BCUT2D eigenvalue weighted by molar-refractivity contribution is 0.119. The number of hydrogen-bond acceptors (Lipinski definition) is 2. The van der Waals surface area contributed by atoms with Crippen LogP contribution < -0.4 is 4.74 Å². The molecule has 0 amide bonds. The van der Waals surface area contributed by atoms with Gasteiger partial charge in [0, 0.05) is 0 Å². The summed E-state index contributed by atoms with van der Waals surface area (Å²) in [4.78, 5) is 0. The van der Waals surface area contributed by atoms with Gasteiger partial charge in [0.05, 0.1) is 13.2 Å². The summed E-state index contributed by atoms with van der Waals surface area (Å²) in [5.41, 5.74) is 2.83. The van der Waals surface area contributed by atoms with Crippen LogP contribution in [-0.4, -0.2) is 18.3 Å². The van der Waals surface area contributed by atoms with E-state index in [1.54, 1.807) is 7.11 Å². The molecule has 2 nitrogen and oxygen atoms in total. The summed E-state index contributed by atoms with van der Waals surface area (Å²) < 4.78 is 5.71. The zero-order chi connectivity index (χ0) is 16.9. The van der Waals surface area contributed by atoms with Crippen molar-refractivity contribution in [3.63, 3.8) is 0 Å². The molecule has 130 valence electrons. The van der Waals surface area contributed by atoms with E-state index in [2.05, 4.69) is 39.0 Å². The lowest BCUT2D eigenvalue weighted by atomic mass is 9.77. The van der Waals surface area contributed by atoms with Crippen molar-refractivity contribution < 1.29 is 9.84 Å². The second kappa shape index (κ2) is 8.19. The van der Waals surface area contributed by atoms with E-state index in [-0.39, 0.29) is 11.5 Å². The molecule has 0 aromatic heterocycles. The Bertz CT molecular complexity index is 493. The lowest BCUT2D eigenvalue weighted by Gasteiger charge is -2.30. The smallest absolute Gasteiger partial charge is 0.122 e. The molecule has 2 heteroatoms. The Morgan fingerprint density at radius 1 is 1.22 bits per heavy atom. The number of hydrogen-bond donors (Lipinski definition) is 1. The average molecular weight is 319 g/mol. The van der Waals surface area contributed by atoms with E-state index < -0.39 is 0 Å². The number of aliphatic hydroxyl groups excluding tert-OH is 1. The van der Waals surface area contributed by atoms with Crippen LogP contribution in [0, 0.1) is 0 Å². The van der Waals surface area contributed by atoms with E-state index in [0.29, 0.717) is 5.92 Å². The highest BCUT2D eigenvalue weighted by Gasteiger charge is 2.26. The van der Waals surface area contributed by atoms with Crippen LogP contribution in [0.5, 0.6) is 5.75 Å². The fourth-order valence-electron chi connectivity index (χ4n) is 3.88. The largest absolute Gasteiger partial charge is 0.496 e. The van der Waals surface area contributed by atoms with Crippen LogP contribution in [0.25, 0.3) is 0 Å². The molecule has 0 radical (unpaired) electrons. The molecule has 0 unspecified atom stereocenters. The molecule has 1 fully saturated rings. The first-order chi connectivity index (χ1) is 11.0. The van der Waals surface area contributed by atoms with Crippen molar-refractivity contribution in [3.05, 3.63) is 29.3 Å². The highest BCUT2D eigenvalue weighted by Crippen LogP contribution is 2.40. The Hall–Kier alpha value is -1.02. The van der Waals surface area contributed by atoms with Crippen LogP contribution in [0.1, 0.15) is 89.2 Å². The fourth-order valence-corrected chi connectivity index (χ4v) is 3.88. The Kier molecular flexibility index (Phi) is 6.52. The van der Waals surface area contributed by atoms with Crippen molar-refractivity contribution in [2.75, 3.05) is 7.11 Å². The molecule has 1 saturated carbocycles. The zero-order valence-corrected chi connectivity index (χ0v) is 15.4. The number of unbranched alkanes of at least 4 members (excludes halogenated alkanes) is 2. The highest BCUT2D eigenvalue weighted by molar-refractivity contribution is 5.42. The van der Waals surface area contributed by atoms with Crippen LogP contribution in [0.15, 0.2) is 18.2 Å². The Balaban J connectivity index is 2.18. The molecule has 2 rings (SSSR count). The standard InChI is InChI=1S/C21H34O2/c1-5-6-7-13-21(2,3)17-11-12-19(20(15-17)23-4)16-9-8-10-18(22)14-16/h11-12,15-16,18,22H,5-10,13-14H2,1-4H3/t16-,18-/m0/s1. The van der Waals surface area contributed by atoms with Crippen LogP contribution in [0.2, 0.25) is 0 Å². The molecule has 23 heavy (non-hydrogen) atoms. The van der Waals surface area contributed by atoms with Gasteiger partial charge in [-0.3, -0.25) is 0 Å². The molecule has 1 N–H and O–H groups in total. The van der Waals surface area contributed by atoms with Crippen molar-refractivity contribution >= 4 is 0 Å². The maximum absolute atomic E-state index is 9.97. The monoisotopic (exact) mass is 318 g/mol. The number of aliphatic hydroxyl groups is 1. The summed E-state index contributed by atoms with van der Waals surface area (Å²) in [6.07, 6.45) is 9.00. The number of methoxy groups -OCH3 is 1. The second-order valence-electron chi connectivity index (χ2n) is 7.82. The quantitative estimate of drug-likeness (QED) is 0.666. The summed E-state index contributed by atoms with van der Waals surface area (Å²) >= 11 is 0. The Morgan fingerprint density at radius 2 is 2.00 bits per heavy atom. The second-order valence-corrected chi connectivity index (χ2v) is 7.82. The molecule has 0 heterocycles. The molecule has 1 aromatic rings. The first-order valence-corrected chi connectivity index (χ1v) is 9.34. The van der Waals surface area contributed by atoms with E-state index in [1.165, 1.54) is 36.8 Å². The van der Waals surface area contributed by atoms with Gasteiger partial charge in [-0.2, -0.15) is 0 Å². The summed E-state index contributed by atoms with van der Waals surface area (Å²) in [5.74, 6) is 1.44. The normalized spacial score (nSPS) is 22.1. The molecule has 1 aromatic carbocycles. The van der Waals surface area contributed by atoms with Crippen molar-refractivity contribution in [2.45, 2.75) is 89.6 Å². The molecular weight excluding hydrogens is 284 g/mol. The maximum atomic E-state index is 9.97. The van der Waals surface area contributed by atoms with Gasteiger partial charge in [0.2, 0.25) is 0 Å². The van der Waals surface area contributed by atoms with E-state index >= 15 is 0 Å². The van der Waals surface area contributed by atoms with Gasteiger partial charge in [0.25, 0.3) is 0 Å². The maximum Gasteiger partial charge on any atom is 0.122 e. The van der Waals surface area contributed by atoms with Gasteiger partial charge in [-0.05, 0) is 54.2 Å². The predicted molar refractivity (Wildman–Crippen MR) is 97.4 cm³/mol. The molecule has 0 spiro atoms. The first kappa shape index (κ1) is 18.3. The van der Waals surface area contributed by atoms with E-state index in [9.17, 15) is 5.11 Å². The van der Waals surface area contributed by atoms with Crippen molar-refractivity contribution in [1.82, 2.24) is 0 Å². The average Bonchev–Trinajstić information content (AvgIpc) is 2.54. The molecule has 0 saturated heterocycles. The number of benzene rings is 1.